The van der Waals surface area contributed by atoms with Crippen molar-refractivity contribution in [1.29, 1.82) is 0 Å². The van der Waals surface area contributed by atoms with Gasteiger partial charge in [0.2, 0.25) is 0 Å². The molecule has 25 heavy (non-hydrogen) atoms. The van der Waals surface area contributed by atoms with Crippen LogP contribution in [0.25, 0.3) is 5.69 Å². The lowest BCUT2D eigenvalue weighted by Crippen LogP contribution is -2.17. The summed E-state index contributed by atoms with van der Waals surface area (Å²) in [6.07, 6.45) is -0.379. The zero-order valence-corrected chi connectivity index (χ0v) is 12.5. The van der Waals surface area contributed by atoms with E-state index in [0.29, 0.717) is 0 Å². The van der Waals surface area contributed by atoms with E-state index in [9.17, 15) is 18.0 Å². The summed E-state index contributed by atoms with van der Waals surface area (Å²) in [6.45, 7) is 0. The van der Waals surface area contributed by atoms with Crippen LogP contribution in [0, 0.1) is 0 Å². The molecule has 0 aliphatic carbocycles. The Kier molecular flexibility index (Phi) is 4.09. The molecule has 0 unspecified atom stereocenters. The van der Waals surface area contributed by atoms with Gasteiger partial charge in [-0.3, -0.25) is 4.79 Å². The summed E-state index contributed by atoms with van der Waals surface area (Å²) >= 11 is 0. The average molecular weight is 348 g/mol. The number of nitrogen functional groups attached to an aromatic ring is 1. The number of nitrogens with two attached hydrogens (primary N) is 1. The largest absolute Gasteiger partial charge is 0.416 e. The van der Waals surface area contributed by atoms with Gasteiger partial charge in [0.1, 0.15) is 0 Å². The van der Waals surface area contributed by atoms with E-state index in [4.69, 9.17) is 5.73 Å². The first-order valence-corrected chi connectivity index (χ1v) is 6.96. The molecule has 1 aromatic carbocycles. The van der Waals surface area contributed by atoms with Crippen molar-refractivity contribution >= 4 is 17.5 Å². The molecule has 0 bridgehead atoms. The monoisotopic (exact) mass is 348 g/mol. The third kappa shape index (κ3) is 3.57. The highest BCUT2D eigenvalue weighted by Gasteiger charge is 2.30. The molecule has 0 saturated heterocycles. The molecule has 3 rings (SSSR count). The molecule has 0 aliphatic heterocycles. The molecule has 0 saturated carbocycles. The van der Waals surface area contributed by atoms with Crippen LogP contribution in [0.2, 0.25) is 0 Å². The Morgan fingerprint density at radius 3 is 2.64 bits per heavy atom. The molecule has 0 radical (unpaired) electrons. The molecular formula is C15H11F3N6O. The highest BCUT2D eigenvalue weighted by Crippen LogP contribution is 2.30. The van der Waals surface area contributed by atoms with Crippen LogP contribution in [0.3, 0.4) is 0 Å². The zero-order chi connectivity index (χ0) is 18.0. The van der Waals surface area contributed by atoms with Crippen LogP contribution in [0.5, 0.6) is 0 Å². The van der Waals surface area contributed by atoms with Crippen molar-refractivity contribution < 1.29 is 18.0 Å². The fourth-order valence-electron chi connectivity index (χ4n) is 2.06. The predicted octanol–water partition coefficient (Wildman–Crippen LogP) is 2.52. The first-order chi connectivity index (χ1) is 11.8. The number of amides is 1. The number of halogens is 3. The van der Waals surface area contributed by atoms with Crippen LogP contribution in [-0.2, 0) is 6.18 Å². The van der Waals surface area contributed by atoms with E-state index in [2.05, 4.69) is 20.4 Å². The van der Waals surface area contributed by atoms with Gasteiger partial charge >= 0.3 is 6.18 Å². The summed E-state index contributed by atoms with van der Waals surface area (Å²) in [5.74, 6) is -0.537. The lowest BCUT2D eigenvalue weighted by molar-refractivity contribution is -0.137. The molecule has 0 aliphatic rings. The van der Waals surface area contributed by atoms with Crippen molar-refractivity contribution in [2.75, 3.05) is 11.1 Å². The number of alkyl halides is 3. The third-order valence-corrected chi connectivity index (χ3v) is 3.21. The highest BCUT2D eigenvalue weighted by molar-refractivity contribution is 6.05. The van der Waals surface area contributed by atoms with Gasteiger partial charge in [0.15, 0.2) is 17.3 Å². The number of hydrogen-bond donors (Lipinski definition) is 2. The van der Waals surface area contributed by atoms with Gasteiger partial charge < -0.3 is 11.1 Å². The number of carbonyl (C=O) groups excluding carboxylic acids is 1. The van der Waals surface area contributed by atoms with Crippen molar-refractivity contribution in [3.63, 3.8) is 0 Å². The predicted molar refractivity (Wildman–Crippen MR) is 83.0 cm³/mol. The molecule has 0 fully saturated rings. The standard InChI is InChI=1S/C15H11F3N6O/c16-15(17,18)9-2-1-3-10(8-9)24-7-4-11(23-24)22-14(25)12-13(19)21-6-5-20-12/h1-8H,(H2,19,21)(H,22,23,25). The van der Waals surface area contributed by atoms with E-state index in [1.54, 1.807) is 0 Å². The van der Waals surface area contributed by atoms with Crippen molar-refractivity contribution in [2.45, 2.75) is 6.18 Å². The van der Waals surface area contributed by atoms with Gasteiger partial charge in [0.05, 0.1) is 11.3 Å². The maximum atomic E-state index is 12.8. The highest BCUT2D eigenvalue weighted by atomic mass is 19.4. The van der Waals surface area contributed by atoms with E-state index in [1.165, 1.54) is 41.5 Å². The second-order valence-electron chi connectivity index (χ2n) is 4.94. The van der Waals surface area contributed by atoms with E-state index < -0.39 is 17.6 Å². The van der Waals surface area contributed by atoms with Crippen LogP contribution in [0.4, 0.5) is 24.8 Å². The first-order valence-electron chi connectivity index (χ1n) is 6.96. The molecule has 2 heterocycles. The fraction of sp³-hybridized carbons (Fsp3) is 0.0667. The Balaban J connectivity index is 1.82. The SMILES string of the molecule is Nc1nccnc1C(=O)Nc1ccn(-c2cccc(C(F)(F)F)c2)n1. The van der Waals surface area contributed by atoms with Gasteiger partial charge in [0.25, 0.3) is 5.91 Å². The van der Waals surface area contributed by atoms with Crippen LogP contribution in [0.15, 0.2) is 48.9 Å². The molecule has 3 aromatic rings. The van der Waals surface area contributed by atoms with Gasteiger partial charge in [-0.1, -0.05) is 6.07 Å². The number of anilines is 2. The van der Waals surface area contributed by atoms with Gasteiger partial charge in [-0.2, -0.15) is 18.3 Å². The molecule has 0 spiro atoms. The van der Waals surface area contributed by atoms with Crippen molar-refractivity contribution in [3.8, 4) is 5.69 Å². The lowest BCUT2D eigenvalue weighted by Gasteiger charge is -2.08. The van der Waals surface area contributed by atoms with Crippen molar-refractivity contribution in [1.82, 2.24) is 19.7 Å². The van der Waals surface area contributed by atoms with Crippen LogP contribution in [0.1, 0.15) is 16.1 Å². The van der Waals surface area contributed by atoms with Gasteiger partial charge in [-0.15, -0.1) is 0 Å². The molecule has 7 nitrogen and oxygen atoms in total. The zero-order valence-electron chi connectivity index (χ0n) is 12.5. The number of nitrogens with one attached hydrogen (secondary N) is 1. The minimum atomic E-state index is -4.45. The van der Waals surface area contributed by atoms with E-state index >= 15 is 0 Å². The first kappa shape index (κ1) is 16.4. The minimum absolute atomic E-state index is 0.0442. The smallest absolute Gasteiger partial charge is 0.382 e. The molecule has 1 amide bonds. The number of aromatic nitrogens is 4. The molecular weight excluding hydrogens is 337 g/mol. The number of rotatable bonds is 3. The third-order valence-electron chi connectivity index (χ3n) is 3.21. The van der Waals surface area contributed by atoms with Crippen LogP contribution >= 0.6 is 0 Å². The summed E-state index contributed by atoms with van der Waals surface area (Å²) < 4.78 is 39.5. The minimum Gasteiger partial charge on any atom is -0.382 e. The number of nitrogens with zero attached hydrogens (tertiary/aromatic N) is 4. The Morgan fingerprint density at radius 1 is 1.16 bits per heavy atom. The summed E-state index contributed by atoms with van der Waals surface area (Å²) in [5.41, 5.74) is 4.90. The van der Waals surface area contributed by atoms with Crippen molar-refractivity contribution in [2.24, 2.45) is 0 Å². The number of carbonyl (C=O) groups is 1. The maximum absolute atomic E-state index is 12.8. The second kappa shape index (κ2) is 6.23. The molecule has 128 valence electrons. The van der Waals surface area contributed by atoms with E-state index in [-0.39, 0.29) is 23.0 Å². The Bertz CT molecular complexity index is 921. The summed E-state index contributed by atoms with van der Waals surface area (Å²) in [7, 11) is 0. The second-order valence-corrected chi connectivity index (χ2v) is 4.94. The topological polar surface area (TPSA) is 98.7 Å². The summed E-state index contributed by atoms with van der Waals surface area (Å²) in [6, 6.07) is 6.10. The lowest BCUT2D eigenvalue weighted by atomic mass is 10.2. The Labute approximate surface area is 139 Å². The van der Waals surface area contributed by atoms with Crippen molar-refractivity contribution in [3.05, 3.63) is 60.2 Å². The number of hydrogen-bond acceptors (Lipinski definition) is 5. The molecule has 0 atom stereocenters. The Morgan fingerprint density at radius 2 is 1.92 bits per heavy atom. The Hall–Kier alpha value is -3.43. The van der Waals surface area contributed by atoms with Gasteiger partial charge in [-0.25, -0.2) is 14.6 Å². The molecule has 2 aromatic heterocycles. The van der Waals surface area contributed by atoms with E-state index in [0.717, 1.165) is 12.1 Å². The quantitative estimate of drug-likeness (QED) is 0.758. The fourth-order valence-corrected chi connectivity index (χ4v) is 2.06. The maximum Gasteiger partial charge on any atom is 0.416 e. The van der Waals surface area contributed by atoms with Crippen LogP contribution in [-0.4, -0.2) is 25.7 Å². The molecule has 10 heteroatoms. The van der Waals surface area contributed by atoms with E-state index in [1.807, 2.05) is 0 Å². The number of benzene rings is 1. The summed E-state index contributed by atoms with van der Waals surface area (Å²) in [5, 5.41) is 6.49. The van der Waals surface area contributed by atoms with Gasteiger partial charge in [-0.05, 0) is 18.2 Å². The normalized spacial score (nSPS) is 11.3. The molecule has 3 N–H and O–H groups in total. The van der Waals surface area contributed by atoms with Crippen LogP contribution < -0.4 is 11.1 Å². The average Bonchev–Trinajstić information content (AvgIpc) is 3.03. The van der Waals surface area contributed by atoms with Gasteiger partial charge in [0, 0.05) is 24.7 Å². The summed E-state index contributed by atoms with van der Waals surface area (Å²) in [4.78, 5) is 19.6.